The summed E-state index contributed by atoms with van der Waals surface area (Å²) in [6, 6.07) is 4.63. The van der Waals surface area contributed by atoms with Gasteiger partial charge in [0.1, 0.15) is 0 Å². The fourth-order valence-electron chi connectivity index (χ4n) is 2.20. The summed E-state index contributed by atoms with van der Waals surface area (Å²) >= 11 is 6.30. The highest BCUT2D eigenvalue weighted by Crippen LogP contribution is 2.34. The summed E-state index contributed by atoms with van der Waals surface area (Å²) in [5.41, 5.74) is 8.73. The Morgan fingerprint density at radius 2 is 1.62 bits per heavy atom. The van der Waals surface area contributed by atoms with Crippen molar-refractivity contribution in [1.29, 1.82) is 0 Å². The predicted molar refractivity (Wildman–Crippen MR) is 73.4 cm³/mol. The van der Waals surface area contributed by atoms with Crippen molar-refractivity contribution in [1.82, 2.24) is 0 Å². The zero-order chi connectivity index (χ0) is 12.5. The van der Waals surface area contributed by atoms with Crippen molar-refractivity contribution in [3.05, 3.63) is 22.7 Å². The van der Waals surface area contributed by atoms with Gasteiger partial charge in [-0.05, 0) is 52.3 Å². The van der Waals surface area contributed by atoms with Crippen molar-refractivity contribution in [2.45, 2.75) is 46.7 Å². The van der Waals surface area contributed by atoms with E-state index in [9.17, 15) is 0 Å². The van der Waals surface area contributed by atoms with Gasteiger partial charge in [0.15, 0.2) is 0 Å². The molecule has 0 aliphatic carbocycles. The number of rotatable bonds is 3. The van der Waals surface area contributed by atoms with E-state index in [1.54, 1.807) is 0 Å². The van der Waals surface area contributed by atoms with E-state index in [4.69, 9.17) is 17.3 Å². The van der Waals surface area contributed by atoms with Crippen LogP contribution in [-0.4, -0.2) is 12.1 Å². The number of halogens is 1. The number of nitrogens with two attached hydrogens (primary N) is 1. The van der Waals surface area contributed by atoms with Gasteiger partial charge < -0.3 is 10.6 Å². The Morgan fingerprint density at radius 3 is 2.00 bits per heavy atom. The van der Waals surface area contributed by atoms with Crippen LogP contribution in [0.3, 0.4) is 0 Å². The van der Waals surface area contributed by atoms with E-state index in [0.29, 0.717) is 12.1 Å². The third kappa shape index (κ3) is 2.62. The number of nitrogens with zero attached hydrogens (tertiary/aromatic N) is 1. The summed E-state index contributed by atoms with van der Waals surface area (Å²) in [6.07, 6.45) is 0. The molecule has 2 N–H and O–H groups in total. The average Bonchev–Trinajstić information content (AvgIpc) is 2.09. The highest BCUT2D eigenvalue weighted by atomic mass is 35.5. The minimum atomic E-state index is 0.417. The molecule has 90 valence electrons. The van der Waals surface area contributed by atoms with Crippen LogP contribution in [0.25, 0.3) is 0 Å². The largest absolute Gasteiger partial charge is 0.399 e. The summed E-state index contributed by atoms with van der Waals surface area (Å²) in [5, 5.41) is 0.736. The van der Waals surface area contributed by atoms with E-state index in [1.165, 1.54) is 0 Å². The van der Waals surface area contributed by atoms with Gasteiger partial charge in [-0.1, -0.05) is 11.6 Å². The zero-order valence-corrected chi connectivity index (χ0v) is 11.5. The van der Waals surface area contributed by atoms with E-state index in [2.05, 4.69) is 39.5 Å². The molecule has 0 atom stereocenters. The highest BCUT2D eigenvalue weighted by Gasteiger charge is 2.19. The molecule has 0 aromatic heterocycles. The van der Waals surface area contributed by atoms with Crippen LogP contribution >= 0.6 is 11.6 Å². The van der Waals surface area contributed by atoms with Gasteiger partial charge in [0, 0.05) is 17.8 Å². The molecule has 3 heteroatoms. The van der Waals surface area contributed by atoms with Gasteiger partial charge in [0.05, 0.1) is 10.7 Å². The van der Waals surface area contributed by atoms with Crippen LogP contribution < -0.4 is 10.6 Å². The number of nitrogen functional groups attached to an aromatic ring is 1. The summed E-state index contributed by atoms with van der Waals surface area (Å²) in [5.74, 6) is 0. The molecular weight excluding hydrogens is 220 g/mol. The van der Waals surface area contributed by atoms with Gasteiger partial charge in [-0.2, -0.15) is 0 Å². The monoisotopic (exact) mass is 240 g/mol. The molecule has 1 rings (SSSR count). The number of aryl methyl sites for hydroxylation is 1. The molecule has 0 unspecified atom stereocenters. The van der Waals surface area contributed by atoms with Crippen molar-refractivity contribution in [2.75, 3.05) is 10.6 Å². The smallest absolute Gasteiger partial charge is 0.0662 e. The molecule has 16 heavy (non-hydrogen) atoms. The predicted octanol–water partition coefficient (Wildman–Crippen LogP) is 3.85. The maximum atomic E-state index is 6.30. The molecule has 0 fully saturated rings. The fraction of sp³-hybridized carbons (Fsp3) is 0.538. The van der Waals surface area contributed by atoms with E-state index >= 15 is 0 Å². The lowest BCUT2D eigenvalue weighted by Gasteiger charge is -2.35. The molecule has 1 aromatic rings. The Bertz CT molecular complexity index is 341. The van der Waals surface area contributed by atoms with Gasteiger partial charge in [0.25, 0.3) is 0 Å². The fourth-order valence-corrected chi connectivity index (χ4v) is 2.58. The van der Waals surface area contributed by atoms with Crippen LogP contribution in [0.5, 0.6) is 0 Å². The van der Waals surface area contributed by atoms with Crippen LogP contribution in [0, 0.1) is 6.92 Å². The first-order chi connectivity index (χ1) is 7.34. The quantitative estimate of drug-likeness (QED) is 0.814. The third-order valence-corrected chi connectivity index (χ3v) is 2.94. The Balaban J connectivity index is 3.29. The van der Waals surface area contributed by atoms with E-state index < -0.39 is 0 Å². The Morgan fingerprint density at radius 1 is 1.12 bits per heavy atom. The van der Waals surface area contributed by atoms with Gasteiger partial charge in [0.2, 0.25) is 0 Å². The van der Waals surface area contributed by atoms with Crippen LogP contribution in [0.15, 0.2) is 12.1 Å². The Labute approximate surface area is 103 Å². The topological polar surface area (TPSA) is 29.3 Å². The minimum absolute atomic E-state index is 0.417. The molecule has 0 saturated heterocycles. The standard InChI is InChI=1S/C13H21ClN2/c1-8(2)16(9(3)4)13-10(5)6-11(15)7-12(13)14/h6-9H,15H2,1-5H3. The molecule has 0 amide bonds. The van der Waals surface area contributed by atoms with E-state index in [1.807, 2.05) is 12.1 Å². The molecule has 0 aliphatic rings. The first-order valence-electron chi connectivity index (χ1n) is 5.68. The molecule has 0 heterocycles. The molecule has 0 saturated carbocycles. The van der Waals surface area contributed by atoms with Crippen LogP contribution in [0.2, 0.25) is 5.02 Å². The summed E-state index contributed by atoms with van der Waals surface area (Å²) in [7, 11) is 0. The number of hydrogen-bond acceptors (Lipinski definition) is 2. The van der Waals surface area contributed by atoms with Crippen molar-refractivity contribution in [3.63, 3.8) is 0 Å². The second-order valence-electron chi connectivity index (χ2n) is 4.76. The van der Waals surface area contributed by atoms with Crippen molar-refractivity contribution in [2.24, 2.45) is 0 Å². The third-order valence-electron chi connectivity index (χ3n) is 2.65. The molecule has 0 spiro atoms. The number of anilines is 2. The Hall–Kier alpha value is -0.890. The van der Waals surface area contributed by atoms with Crippen molar-refractivity contribution < 1.29 is 0 Å². The first kappa shape index (κ1) is 13.2. The van der Waals surface area contributed by atoms with Gasteiger partial charge in [-0.3, -0.25) is 0 Å². The molecule has 0 bridgehead atoms. The average molecular weight is 241 g/mol. The first-order valence-corrected chi connectivity index (χ1v) is 6.06. The van der Waals surface area contributed by atoms with Gasteiger partial charge >= 0.3 is 0 Å². The number of benzene rings is 1. The van der Waals surface area contributed by atoms with Gasteiger partial charge in [-0.15, -0.1) is 0 Å². The van der Waals surface area contributed by atoms with Crippen molar-refractivity contribution in [3.8, 4) is 0 Å². The normalized spacial score (nSPS) is 11.2. The summed E-state index contributed by atoms with van der Waals surface area (Å²) in [6.45, 7) is 10.7. The van der Waals surface area contributed by atoms with Crippen molar-refractivity contribution >= 4 is 23.0 Å². The maximum Gasteiger partial charge on any atom is 0.0662 e. The molecule has 2 nitrogen and oxygen atoms in total. The summed E-state index contributed by atoms with van der Waals surface area (Å²) < 4.78 is 0. The van der Waals surface area contributed by atoms with E-state index in [0.717, 1.165) is 22.0 Å². The maximum absolute atomic E-state index is 6.30. The van der Waals surface area contributed by atoms with Gasteiger partial charge in [-0.25, -0.2) is 0 Å². The molecular formula is C13H21ClN2. The second kappa shape index (κ2) is 4.96. The Kier molecular flexibility index (Phi) is 4.09. The molecule has 0 aliphatic heterocycles. The van der Waals surface area contributed by atoms with Crippen LogP contribution in [-0.2, 0) is 0 Å². The SMILES string of the molecule is Cc1cc(N)cc(Cl)c1N(C(C)C)C(C)C. The van der Waals surface area contributed by atoms with Crippen LogP contribution in [0.1, 0.15) is 33.3 Å². The van der Waals surface area contributed by atoms with Crippen LogP contribution in [0.4, 0.5) is 11.4 Å². The minimum Gasteiger partial charge on any atom is -0.399 e. The molecule has 0 radical (unpaired) electrons. The zero-order valence-electron chi connectivity index (χ0n) is 10.7. The lowest BCUT2D eigenvalue weighted by molar-refractivity contribution is 0.606. The molecule has 1 aromatic carbocycles. The lowest BCUT2D eigenvalue weighted by Crippen LogP contribution is -2.37. The summed E-state index contributed by atoms with van der Waals surface area (Å²) in [4.78, 5) is 2.32. The highest BCUT2D eigenvalue weighted by molar-refractivity contribution is 6.33. The number of hydrogen-bond donors (Lipinski definition) is 1. The lowest BCUT2D eigenvalue weighted by atomic mass is 10.1. The van der Waals surface area contributed by atoms with E-state index in [-0.39, 0.29) is 0 Å². The second-order valence-corrected chi connectivity index (χ2v) is 5.17.